The maximum atomic E-state index is 13.0. The number of carbonyl (C=O) groups is 3. The Balaban J connectivity index is 2.35. The van der Waals surface area contributed by atoms with Crippen LogP contribution in [0.3, 0.4) is 0 Å². The Hall–Kier alpha value is -2.15. The minimum absolute atomic E-state index is 0.0265. The van der Waals surface area contributed by atoms with Crippen molar-refractivity contribution < 1.29 is 23.9 Å². The van der Waals surface area contributed by atoms with Gasteiger partial charge in [0.15, 0.2) is 0 Å². The van der Waals surface area contributed by atoms with Crippen molar-refractivity contribution in [3.05, 3.63) is 29.0 Å². The third-order valence-corrected chi connectivity index (χ3v) is 2.64. The van der Waals surface area contributed by atoms with E-state index in [1.54, 1.807) is 0 Å². The molecule has 0 saturated heterocycles. The minimum Gasteiger partial charge on any atom is -0.481 e. The van der Waals surface area contributed by atoms with E-state index in [0.717, 1.165) is 12.1 Å². The van der Waals surface area contributed by atoms with Crippen molar-refractivity contribution in [1.29, 1.82) is 0 Å². The Labute approximate surface area is 125 Å². The summed E-state index contributed by atoms with van der Waals surface area (Å²) in [4.78, 5) is 33.2. The number of carboxylic acid groups (broad SMARTS) is 1. The zero-order valence-corrected chi connectivity index (χ0v) is 11.7. The summed E-state index contributed by atoms with van der Waals surface area (Å²) in [6.45, 7) is 0. The zero-order valence-electron chi connectivity index (χ0n) is 11.0. The molecule has 8 heteroatoms. The van der Waals surface area contributed by atoms with Crippen LogP contribution in [0.4, 0.5) is 14.9 Å². The van der Waals surface area contributed by atoms with Crippen molar-refractivity contribution in [2.45, 2.75) is 25.7 Å². The maximum absolute atomic E-state index is 13.0. The van der Waals surface area contributed by atoms with Gasteiger partial charge in [0.05, 0.1) is 0 Å². The van der Waals surface area contributed by atoms with E-state index in [0.29, 0.717) is 12.8 Å². The number of hydrogen-bond acceptors (Lipinski definition) is 3. The summed E-state index contributed by atoms with van der Waals surface area (Å²) in [6.07, 6.45) is 0.715. The summed E-state index contributed by atoms with van der Waals surface area (Å²) in [5.74, 6) is -2.09. The fraction of sp³-hybridized carbons (Fsp3) is 0.308. The van der Waals surface area contributed by atoms with Crippen LogP contribution >= 0.6 is 11.6 Å². The van der Waals surface area contributed by atoms with Crippen LogP contribution in [0.15, 0.2) is 18.2 Å². The molecule has 0 saturated carbocycles. The molecule has 3 N–H and O–H groups in total. The summed E-state index contributed by atoms with van der Waals surface area (Å²) in [6, 6.07) is 2.67. The van der Waals surface area contributed by atoms with Crippen molar-refractivity contribution in [3.63, 3.8) is 0 Å². The Morgan fingerprint density at radius 2 is 1.81 bits per heavy atom. The SMILES string of the molecule is O=C(O)CCCCC(=O)NC(=O)Nc1cc(F)cc(Cl)c1. The second kappa shape index (κ2) is 8.21. The van der Waals surface area contributed by atoms with Crippen molar-refractivity contribution in [2.75, 3.05) is 5.32 Å². The van der Waals surface area contributed by atoms with Gasteiger partial charge < -0.3 is 10.4 Å². The van der Waals surface area contributed by atoms with Crippen LogP contribution in [0, 0.1) is 5.82 Å². The largest absolute Gasteiger partial charge is 0.481 e. The van der Waals surface area contributed by atoms with E-state index in [4.69, 9.17) is 16.7 Å². The summed E-state index contributed by atoms with van der Waals surface area (Å²) >= 11 is 5.62. The Morgan fingerprint density at radius 1 is 1.14 bits per heavy atom. The van der Waals surface area contributed by atoms with Crippen LogP contribution in [-0.2, 0) is 9.59 Å². The molecule has 0 fully saturated rings. The number of anilines is 1. The molecule has 0 heterocycles. The first-order valence-electron chi connectivity index (χ1n) is 6.15. The maximum Gasteiger partial charge on any atom is 0.325 e. The molecule has 0 aliphatic carbocycles. The molecule has 0 radical (unpaired) electrons. The topological polar surface area (TPSA) is 95.5 Å². The van der Waals surface area contributed by atoms with E-state index < -0.39 is 23.7 Å². The molecule has 6 nitrogen and oxygen atoms in total. The molecule has 0 bridgehead atoms. The third-order valence-electron chi connectivity index (χ3n) is 2.42. The molecule has 114 valence electrons. The highest BCUT2D eigenvalue weighted by Crippen LogP contribution is 2.17. The standard InChI is InChI=1S/C13H14ClFN2O4/c14-8-5-9(15)7-10(6-8)16-13(21)17-11(18)3-1-2-4-12(19)20/h5-7H,1-4H2,(H,19,20)(H2,16,17,18,21). The predicted molar refractivity (Wildman–Crippen MR) is 74.7 cm³/mol. The van der Waals surface area contributed by atoms with Crippen LogP contribution in [0.5, 0.6) is 0 Å². The van der Waals surface area contributed by atoms with Crippen molar-refractivity contribution in [2.24, 2.45) is 0 Å². The summed E-state index contributed by atoms with van der Waals surface area (Å²) in [5, 5.41) is 12.9. The number of urea groups is 1. The molecule has 0 aliphatic rings. The molecule has 3 amide bonds. The highest BCUT2D eigenvalue weighted by Gasteiger charge is 2.09. The number of nitrogens with one attached hydrogen (secondary N) is 2. The minimum atomic E-state index is -0.934. The molecule has 0 spiro atoms. The fourth-order valence-corrected chi connectivity index (χ4v) is 1.76. The second-order valence-electron chi connectivity index (χ2n) is 4.26. The molecule has 0 unspecified atom stereocenters. The second-order valence-corrected chi connectivity index (χ2v) is 4.70. The molecule has 0 atom stereocenters. The molecule has 21 heavy (non-hydrogen) atoms. The average Bonchev–Trinajstić information content (AvgIpc) is 2.32. The summed E-state index contributed by atoms with van der Waals surface area (Å²) < 4.78 is 13.0. The number of carboxylic acids is 1. The Kier molecular flexibility index (Phi) is 6.61. The normalized spacial score (nSPS) is 10.0. The monoisotopic (exact) mass is 316 g/mol. The zero-order chi connectivity index (χ0) is 15.8. The molecule has 1 rings (SSSR count). The van der Waals surface area contributed by atoms with Gasteiger partial charge in [0.2, 0.25) is 5.91 Å². The van der Waals surface area contributed by atoms with Crippen LogP contribution in [0.2, 0.25) is 5.02 Å². The van der Waals surface area contributed by atoms with Crippen molar-refractivity contribution in [3.8, 4) is 0 Å². The molecule has 1 aromatic carbocycles. The first-order chi connectivity index (χ1) is 9.86. The van der Waals surface area contributed by atoms with Crippen LogP contribution in [-0.4, -0.2) is 23.0 Å². The lowest BCUT2D eigenvalue weighted by Gasteiger charge is -2.07. The van der Waals surface area contributed by atoms with E-state index >= 15 is 0 Å². The van der Waals surface area contributed by atoms with E-state index in [-0.39, 0.29) is 23.6 Å². The lowest BCUT2D eigenvalue weighted by atomic mass is 10.2. The van der Waals surface area contributed by atoms with Gasteiger partial charge in [-0.1, -0.05) is 11.6 Å². The number of carbonyl (C=O) groups excluding carboxylic acids is 2. The number of halogens is 2. The van der Waals surface area contributed by atoms with Gasteiger partial charge in [-0.3, -0.25) is 14.9 Å². The van der Waals surface area contributed by atoms with Crippen LogP contribution in [0.25, 0.3) is 0 Å². The smallest absolute Gasteiger partial charge is 0.325 e. The number of unbranched alkanes of at least 4 members (excludes halogenated alkanes) is 1. The molecule has 0 aromatic heterocycles. The van der Waals surface area contributed by atoms with Gasteiger partial charge in [0, 0.05) is 23.6 Å². The Bertz CT molecular complexity index is 531. The van der Waals surface area contributed by atoms with E-state index in [1.165, 1.54) is 6.07 Å². The summed E-state index contributed by atoms with van der Waals surface area (Å²) in [5.41, 5.74) is 0.121. The van der Waals surface area contributed by atoms with E-state index in [9.17, 15) is 18.8 Å². The van der Waals surface area contributed by atoms with Gasteiger partial charge in [0.1, 0.15) is 5.82 Å². The van der Waals surface area contributed by atoms with E-state index in [2.05, 4.69) is 10.6 Å². The number of benzene rings is 1. The number of aliphatic carboxylic acids is 1. The van der Waals surface area contributed by atoms with Gasteiger partial charge in [0.25, 0.3) is 0 Å². The number of amides is 3. The molecule has 0 aliphatic heterocycles. The number of imide groups is 1. The lowest BCUT2D eigenvalue weighted by Crippen LogP contribution is -2.34. The third kappa shape index (κ3) is 7.26. The van der Waals surface area contributed by atoms with Gasteiger partial charge in [-0.05, 0) is 31.0 Å². The highest BCUT2D eigenvalue weighted by atomic mass is 35.5. The first kappa shape index (κ1) is 16.9. The van der Waals surface area contributed by atoms with E-state index in [1.807, 2.05) is 0 Å². The highest BCUT2D eigenvalue weighted by molar-refractivity contribution is 6.30. The van der Waals surface area contributed by atoms with Gasteiger partial charge >= 0.3 is 12.0 Å². The molecular weight excluding hydrogens is 303 g/mol. The predicted octanol–water partition coefficient (Wildman–Crippen LogP) is 2.77. The Morgan fingerprint density at radius 3 is 2.43 bits per heavy atom. The van der Waals surface area contributed by atoms with Crippen LogP contribution < -0.4 is 10.6 Å². The van der Waals surface area contributed by atoms with Crippen LogP contribution in [0.1, 0.15) is 25.7 Å². The van der Waals surface area contributed by atoms with Gasteiger partial charge in [-0.25, -0.2) is 9.18 Å². The number of rotatable bonds is 6. The number of hydrogen-bond donors (Lipinski definition) is 3. The fourth-order valence-electron chi connectivity index (χ4n) is 1.54. The average molecular weight is 317 g/mol. The van der Waals surface area contributed by atoms with Gasteiger partial charge in [-0.15, -0.1) is 0 Å². The molecule has 1 aromatic rings. The first-order valence-corrected chi connectivity index (χ1v) is 6.53. The summed E-state index contributed by atoms with van der Waals surface area (Å²) in [7, 11) is 0. The van der Waals surface area contributed by atoms with Gasteiger partial charge in [-0.2, -0.15) is 0 Å². The van der Waals surface area contributed by atoms with Crippen molar-refractivity contribution in [1.82, 2.24) is 5.32 Å². The molecular formula is C13H14ClFN2O4. The van der Waals surface area contributed by atoms with Crippen molar-refractivity contribution >= 4 is 35.2 Å². The lowest BCUT2D eigenvalue weighted by molar-refractivity contribution is -0.137. The quantitative estimate of drug-likeness (QED) is 0.703.